The molecule has 0 aliphatic rings. The summed E-state index contributed by atoms with van der Waals surface area (Å²) in [4.78, 5) is 0.495. The molecule has 0 unspecified atom stereocenters. The van der Waals surface area contributed by atoms with E-state index < -0.39 is 0 Å². The van der Waals surface area contributed by atoms with Gasteiger partial charge in [0.05, 0.1) is 11.6 Å². The van der Waals surface area contributed by atoms with Crippen molar-refractivity contribution in [3.8, 4) is 5.75 Å². The van der Waals surface area contributed by atoms with Gasteiger partial charge in [0.1, 0.15) is 5.75 Å². The van der Waals surface area contributed by atoms with Gasteiger partial charge in [0, 0.05) is 6.42 Å². The summed E-state index contributed by atoms with van der Waals surface area (Å²) in [6, 6.07) is 8.12. The number of rotatable bonds is 5. The molecule has 2 nitrogen and oxygen atoms in total. The van der Waals surface area contributed by atoms with Crippen LogP contribution < -0.4 is 10.5 Å². The van der Waals surface area contributed by atoms with Gasteiger partial charge in [-0.05, 0) is 23.6 Å². The van der Waals surface area contributed by atoms with Crippen molar-refractivity contribution in [1.82, 2.24) is 0 Å². The maximum absolute atomic E-state index is 5.54. The highest BCUT2D eigenvalue weighted by Crippen LogP contribution is 2.20. The lowest BCUT2D eigenvalue weighted by Gasteiger charge is -2.09. The molecule has 15 heavy (non-hydrogen) atoms. The van der Waals surface area contributed by atoms with Crippen molar-refractivity contribution in [1.29, 1.82) is 0 Å². The molecule has 0 fully saturated rings. The molecule has 0 amide bonds. The number of nitrogens with two attached hydrogens (primary N) is 1. The van der Waals surface area contributed by atoms with Gasteiger partial charge in [-0.2, -0.15) is 0 Å². The minimum absolute atomic E-state index is 0.495. The zero-order valence-corrected chi connectivity index (χ0v) is 10.0. The van der Waals surface area contributed by atoms with Gasteiger partial charge in [0.15, 0.2) is 0 Å². The third-order valence-electron chi connectivity index (χ3n) is 2.14. The molecular weight excluding hydrogens is 206 g/mol. The summed E-state index contributed by atoms with van der Waals surface area (Å²) >= 11 is 4.78. The Morgan fingerprint density at radius 2 is 2.20 bits per heavy atom. The summed E-state index contributed by atoms with van der Waals surface area (Å²) in [6.45, 7) is 4.87. The fourth-order valence-electron chi connectivity index (χ4n) is 1.23. The lowest BCUT2D eigenvalue weighted by atomic mass is 10.0. The van der Waals surface area contributed by atoms with E-state index in [9.17, 15) is 0 Å². The van der Waals surface area contributed by atoms with Crippen LogP contribution in [0.1, 0.15) is 31.7 Å². The molecule has 3 heteroatoms. The molecule has 0 heterocycles. The topological polar surface area (TPSA) is 35.2 Å². The van der Waals surface area contributed by atoms with Crippen molar-refractivity contribution in [2.45, 2.75) is 26.2 Å². The molecular formula is C12H17NOS. The van der Waals surface area contributed by atoms with E-state index >= 15 is 0 Å². The van der Waals surface area contributed by atoms with Gasteiger partial charge in [-0.3, -0.25) is 0 Å². The summed E-state index contributed by atoms with van der Waals surface area (Å²) in [6.07, 6.45) is 0.626. The number of thiocarbonyl (C=S) groups is 1. The Balaban J connectivity index is 2.54. The second-order valence-electron chi connectivity index (χ2n) is 3.79. The fraction of sp³-hybridized carbons (Fsp3) is 0.417. The van der Waals surface area contributed by atoms with Gasteiger partial charge >= 0.3 is 0 Å². The summed E-state index contributed by atoms with van der Waals surface area (Å²) in [7, 11) is 0. The molecule has 0 atom stereocenters. The van der Waals surface area contributed by atoms with E-state index in [0.717, 1.165) is 5.75 Å². The van der Waals surface area contributed by atoms with Crippen LogP contribution in [0.25, 0.3) is 0 Å². The van der Waals surface area contributed by atoms with Crippen LogP contribution in [-0.4, -0.2) is 11.6 Å². The van der Waals surface area contributed by atoms with Crippen molar-refractivity contribution in [2.24, 2.45) is 5.73 Å². The molecule has 0 spiro atoms. The predicted octanol–water partition coefficient (Wildman–Crippen LogP) is 2.87. The van der Waals surface area contributed by atoms with Crippen molar-refractivity contribution >= 4 is 17.2 Å². The predicted molar refractivity (Wildman–Crippen MR) is 67.4 cm³/mol. The van der Waals surface area contributed by atoms with Crippen LogP contribution >= 0.6 is 12.2 Å². The molecule has 82 valence electrons. The molecule has 0 saturated carbocycles. The van der Waals surface area contributed by atoms with Crippen molar-refractivity contribution < 1.29 is 4.74 Å². The minimum Gasteiger partial charge on any atom is -0.493 e. The molecule has 0 aliphatic heterocycles. The summed E-state index contributed by atoms with van der Waals surface area (Å²) in [5.74, 6) is 1.40. The second-order valence-corrected chi connectivity index (χ2v) is 4.32. The van der Waals surface area contributed by atoms with Gasteiger partial charge in [-0.1, -0.05) is 38.2 Å². The molecule has 2 N–H and O–H groups in total. The Morgan fingerprint density at radius 3 is 2.80 bits per heavy atom. The summed E-state index contributed by atoms with van der Waals surface area (Å²) in [5, 5.41) is 0. The standard InChI is InChI=1S/C12H17NOS/c1-9(2)10-4-3-5-11(8-10)14-7-6-12(13)15/h3-5,8-9H,6-7H2,1-2H3,(H2,13,15). The SMILES string of the molecule is CC(C)c1cccc(OCCC(N)=S)c1. The van der Waals surface area contributed by atoms with E-state index in [1.165, 1.54) is 5.56 Å². The average molecular weight is 223 g/mol. The van der Waals surface area contributed by atoms with Crippen LogP contribution in [0.2, 0.25) is 0 Å². The molecule has 0 bridgehead atoms. The van der Waals surface area contributed by atoms with Crippen LogP contribution in [0.4, 0.5) is 0 Å². The van der Waals surface area contributed by atoms with Crippen LogP contribution in [0.5, 0.6) is 5.75 Å². The first kappa shape index (κ1) is 12.0. The van der Waals surface area contributed by atoms with E-state index in [0.29, 0.717) is 23.9 Å². The quantitative estimate of drug-likeness (QED) is 0.780. The number of benzene rings is 1. The third-order valence-corrected chi connectivity index (χ3v) is 2.35. The van der Waals surface area contributed by atoms with E-state index in [1.807, 2.05) is 12.1 Å². The van der Waals surface area contributed by atoms with E-state index in [4.69, 9.17) is 22.7 Å². The zero-order chi connectivity index (χ0) is 11.3. The molecule has 0 aromatic heterocycles. The Kier molecular flexibility index (Phi) is 4.56. The number of hydrogen-bond acceptors (Lipinski definition) is 2. The maximum Gasteiger partial charge on any atom is 0.119 e. The maximum atomic E-state index is 5.54. The third kappa shape index (κ3) is 4.30. The van der Waals surface area contributed by atoms with E-state index in [2.05, 4.69) is 26.0 Å². The zero-order valence-electron chi connectivity index (χ0n) is 9.19. The van der Waals surface area contributed by atoms with Crippen LogP contribution in [-0.2, 0) is 0 Å². The van der Waals surface area contributed by atoms with Crippen molar-refractivity contribution in [3.63, 3.8) is 0 Å². The molecule has 1 aromatic rings. The number of ether oxygens (including phenoxy) is 1. The second kappa shape index (κ2) is 5.71. The monoisotopic (exact) mass is 223 g/mol. The minimum atomic E-state index is 0.495. The Bertz CT molecular complexity index is 336. The molecule has 0 saturated heterocycles. The van der Waals surface area contributed by atoms with E-state index in [-0.39, 0.29) is 0 Å². The highest BCUT2D eigenvalue weighted by atomic mass is 32.1. The highest BCUT2D eigenvalue weighted by molar-refractivity contribution is 7.80. The highest BCUT2D eigenvalue weighted by Gasteiger charge is 2.00. The molecule has 1 rings (SSSR count). The summed E-state index contributed by atoms with van der Waals surface area (Å²) in [5.41, 5.74) is 6.67. The van der Waals surface area contributed by atoms with Gasteiger partial charge in [-0.15, -0.1) is 0 Å². The normalized spacial score (nSPS) is 10.3. The lowest BCUT2D eigenvalue weighted by molar-refractivity contribution is 0.329. The van der Waals surface area contributed by atoms with Crippen molar-refractivity contribution in [3.05, 3.63) is 29.8 Å². The van der Waals surface area contributed by atoms with Gasteiger partial charge in [-0.25, -0.2) is 0 Å². The average Bonchev–Trinajstić information content (AvgIpc) is 2.17. The molecule has 0 aliphatic carbocycles. The largest absolute Gasteiger partial charge is 0.493 e. The molecule has 1 aromatic carbocycles. The Morgan fingerprint density at radius 1 is 1.47 bits per heavy atom. The lowest BCUT2D eigenvalue weighted by Crippen LogP contribution is -2.12. The van der Waals surface area contributed by atoms with E-state index in [1.54, 1.807) is 0 Å². The van der Waals surface area contributed by atoms with Crippen LogP contribution in [0.15, 0.2) is 24.3 Å². The first-order chi connectivity index (χ1) is 7.09. The van der Waals surface area contributed by atoms with Crippen LogP contribution in [0, 0.1) is 0 Å². The van der Waals surface area contributed by atoms with Gasteiger partial charge in [0.25, 0.3) is 0 Å². The Hall–Kier alpha value is -1.09. The Labute approximate surface area is 96.4 Å². The number of hydrogen-bond donors (Lipinski definition) is 1. The molecule has 0 radical (unpaired) electrons. The fourth-order valence-corrected chi connectivity index (χ4v) is 1.32. The smallest absolute Gasteiger partial charge is 0.119 e. The first-order valence-electron chi connectivity index (χ1n) is 5.10. The van der Waals surface area contributed by atoms with Crippen molar-refractivity contribution in [2.75, 3.05) is 6.61 Å². The summed E-state index contributed by atoms with van der Waals surface area (Å²) < 4.78 is 5.54. The first-order valence-corrected chi connectivity index (χ1v) is 5.51. The van der Waals surface area contributed by atoms with Gasteiger partial charge in [0.2, 0.25) is 0 Å². The van der Waals surface area contributed by atoms with Crippen LogP contribution in [0.3, 0.4) is 0 Å². The van der Waals surface area contributed by atoms with Gasteiger partial charge < -0.3 is 10.5 Å².